The van der Waals surface area contributed by atoms with Crippen molar-refractivity contribution in [1.82, 2.24) is 20.9 Å². The Morgan fingerprint density at radius 3 is 2.22 bits per heavy atom. The van der Waals surface area contributed by atoms with Gasteiger partial charge in [-0.1, -0.05) is 18.2 Å². The summed E-state index contributed by atoms with van der Waals surface area (Å²) in [5.74, 6) is -5.13. The third-order valence-corrected chi connectivity index (χ3v) is 6.15. The van der Waals surface area contributed by atoms with Gasteiger partial charge in [0.05, 0.1) is 19.1 Å². The number of amides is 3. The number of carbonyl (C=O) groups excluding carboxylic acids is 3. The summed E-state index contributed by atoms with van der Waals surface area (Å²) in [4.78, 5) is 63.6. The molecule has 4 atom stereocenters. The summed E-state index contributed by atoms with van der Waals surface area (Å²) in [6.45, 7) is -0.857. The number of carbonyl (C=O) groups is 5. The molecule has 0 aliphatic heterocycles. The Morgan fingerprint density at radius 1 is 0.973 bits per heavy atom. The van der Waals surface area contributed by atoms with Gasteiger partial charge < -0.3 is 42.0 Å². The third-order valence-electron chi connectivity index (χ3n) is 5.50. The fourth-order valence-corrected chi connectivity index (χ4v) is 4.00. The van der Waals surface area contributed by atoms with Crippen LogP contribution >= 0.6 is 11.8 Å². The highest BCUT2D eigenvalue weighted by Gasteiger charge is 2.31. The summed E-state index contributed by atoms with van der Waals surface area (Å²) in [6, 6.07) is 1.87. The average Bonchev–Trinajstić information content (AvgIpc) is 3.26. The molecular weight excluding hydrogens is 506 g/mol. The van der Waals surface area contributed by atoms with Gasteiger partial charge in [-0.2, -0.15) is 11.8 Å². The molecule has 0 aliphatic carbocycles. The molecule has 14 heteroatoms. The number of para-hydroxylation sites is 1. The molecule has 1 aromatic heterocycles. The number of nitrogens with one attached hydrogen (secondary N) is 4. The number of thioether (sulfide) groups is 1. The second-order valence-corrected chi connectivity index (χ2v) is 9.24. The van der Waals surface area contributed by atoms with Crippen LogP contribution < -0.4 is 21.7 Å². The van der Waals surface area contributed by atoms with E-state index in [2.05, 4.69) is 20.9 Å². The van der Waals surface area contributed by atoms with Crippen LogP contribution in [0.15, 0.2) is 30.5 Å². The highest BCUT2D eigenvalue weighted by molar-refractivity contribution is 7.98. The van der Waals surface area contributed by atoms with Gasteiger partial charge >= 0.3 is 11.9 Å². The molecule has 0 aliphatic rings. The minimum absolute atomic E-state index is 0.0830. The molecule has 37 heavy (non-hydrogen) atoms. The van der Waals surface area contributed by atoms with Crippen molar-refractivity contribution in [3.8, 4) is 0 Å². The quantitative estimate of drug-likeness (QED) is 0.135. The fourth-order valence-electron chi connectivity index (χ4n) is 3.52. The van der Waals surface area contributed by atoms with Gasteiger partial charge in [0.25, 0.3) is 0 Å². The molecular formula is C23H31N5O8S. The van der Waals surface area contributed by atoms with Crippen molar-refractivity contribution in [1.29, 1.82) is 0 Å². The molecule has 0 bridgehead atoms. The maximum Gasteiger partial charge on any atom is 0.326 e. The zero-order valence-electron chi connectivity index (χ0n) is 20.1. The lowest BCUT2D eigenvalue weighted by Crippen LogP contribution is -2.58. The zero-order valence-corrected chi connectivity index (χ0v) is 20.9. The summed E-state index contributed by atoms with van der Waals surface area (Å²) < 4.78 is 0. The summed E-state index contributed by atoms with van der Waals surface area (Å²) in [5, 5.41) is 35.7. The number of aliphatic carboxylic acids is 2. The molecule has 0 radical (unpaired) electrons. The lowest BCUT2D eigenvalue weighted by atomic mass is 10.0. The summed E-state index contributed by atoms with van der Waals surface area (Å²) in [5.41, 5.74) is 7.64. The maximum atomic E-state index is 12.7. The number of carboxylic acid groups (broad SMARTS) is 2. The van der Waals surface area contributed by atoms with E-state index in [9.17, 15) is 34.2 Å². The number of fused-ring (bicyclic) bond motifs is 1. The van der Waals surface area contributed by atoms with E-state index in [4.69, 9.17) is 10.8 Å². The van der Waals surface area contributed by atoms with Gasteiger partial charge in [-0.3, -0.25) is 19.2 Å². The molecule has 0 saturated heterocycles. The molecule has 2 rings (SSSR count). The van der Waals surface area contributed by atoms with E-state index in [1.165, 1.54) is 11.8 Å². The normalized spacial score (nSPS) is 14.2. The first kappa shape index (κ1) is 29.6. The van der Waals surface area contributed by atoms with Crippen molar-refractivity contribution in [2.75, 3.05) is 18.6 Å². The number of nitrogens with two attached hydrogens (primary N) is 1. The molecule has 0 spiro atoms. The first-order valence-corrected chi connectivity index (χ1v) is 12.7. The third kappa shape index (κ3) is 8.77. The summed E-state index contributed by atoms with van der Waals surface area (Å²) in [6.07, 6.45) is 2.83. The number of benzene rings is 1. The van der Waals surface area contributed by atoms with Gasteiger partial charge in [0.15, 0.2) is 0 Å². The van der Waals surface area contributed by atoms with Crippen molar-refractivity contribution in [2.45, 2.75) is 43.4 Å². The van der Waals surface area contributed by atoms with Gasteiger partial charge in [-0.15, -0.1) is 0 Å². The van der Waals surface area contributed by atoms with Crippen LogP contribution in [0.2, 0.25) is 0 Å². The lowest BCUT2D eigenvalue weighted by Gasteiger charge is -2.23. The molecule has 0 fully saturated rings. The van der Waals surface area contributed by atoms with E-state index in [1.54, 1.807) is 12.5 Å². The highest BCUT2D eigenvalue weighted by atomic mass is 32.2. The highest BCUT2D eigenvalue weighted by Crippen LogP contribution is 2.18. The van der Waals surface area contributed by atoms with Gasteiger partial charge in [0, 0.05) is 17.1 Å². The summed E-state index contributed by atoms with van der Waals surface area (Å²) in [7, 11) is 0. The van der Waals surface area contributed by atoms with Crippen molar-refractivity contribution in [3.05, 3.63) is 36.0 Å². The smallest absolute Gasteiger partial charge is 0.326 e. The van der Waals surface area contributed by atoms with Crippen LogP contribution in [-0.4, -0.2) is 92.7 Å². The Balaban J connectivity index is 2.04. The fraction of sp³-hybridized carbons (Fsp3) is 0.435. The maximum absolute atomic E-state index is 12.7. The molecule has 1 aromatic carbocycles. The standard InChI is InChI=1S/C23H31N5O8S/c1-37-7-6-16(23(35)36)26-21(33)17(9-19(30)31)27-22(34)18(11-29)28-20(32)14(24)8-12-10-25-15-5-3-2-4-13(12)15/h2-5,10,14,16-18,25,29H,6-9,11,24H2,1H3,(H,26,33)(H,27,34)(H,28,32)(H,30,31)(H,35,36). The molecule has 202 valence electrons. The average molecular weight is 538 g/mol. The Morgan fingerprint density at radius 2 is 1.59 bits per heavy atom. The number of aromatic amines is 1. The zero-order chi connectivity index (χ0) is 27.5. The Hall–Kier alpha value is -3.62. The van der Waals surface area contributed by atoms with E-state index in [-0.39, 0.29) is 12.8 Å². The van der Waals surface area contributed by atoms with Crippen LogP contribution in [0.5, 0.6) is 0 Å². The van der Waals surface area contributed by atoms with Crippen LogP contribution in [-0.2, 0) is 30.4 Å². The van der Waals surface area contributed by atoms with E-state index in [1.807, 2.05) is 24.3 Å². The predicted octanol–water partition coefficient (Wildman–Crippen LogP) is -1.20. The number of hydrogen-bond donors (Lipinski definition) is 8. The first-order chi connectivity index (χ1) is 17.6. The number of rotatable bonds is 15. The number of aliphatic hydroxyl groups is 1. The van der Waals surface area contributed by atoms with Crippen molar-refractivity contribution < 1.29 is 39.3 Å². The molecule has 0 saturated carbocycles. The van der Waals surface area contributed by atoms with E-state index < -0.39 is 66.9 Å². The minimum atomic E-state index is -1.65. The molecule has 13 nitrogen and oxygen atoms in total. The lowest BCUT2D eigenvalue weighted by molar-refractivity contribution is -0.143. The number of H-pyrrole nitrogens is 1. The number of hydrogen-bond acceptors (Lipinski definition) is 8. The van der Waals surface area contributed by atoms with Crippen LogP contribution in [0.4, 0.5) is 0 Å². The summed E-state index contributed by atoms with van der Waals surface area (Å²) >= 11 is 1.36. The van der Waals surface area contributed by atoms with Crippen LogP contribution in [0, 0.1) is 0 Å². The monoisotopic (exact) mass is 537 g/mol. The van der Waals surface area contributed by atoms with Gasteiger partial charge in [0.1, 0.15) is 18.1 Å². The Labute approximate surface area is 216 Å². The minimum Gasteiger partial charge on any atom is -0.481 e. The second-order valence-electron chi connectivity index (χ2n) is 8.25. The number of aromatic nitrogens is 1. The van der Waals surface area contributed by atoms with Crippen LogP contribution in [0.25, 0.3) is 10.9 Å². The molecule has 2 aromatic rings. The first-order valence-electron chi connectivity index (χ1n) is 11.3. The van der Waals surface area contributed by atoms with E-state index in [0.717, 1.165) is 16.5 Å². The molecule has 9 N–H and O–H groups in total. The molecule has 4 unspecified atom stereocenters. The van der Waals surface area contributed by atoms with Gasteiger partial charge in [-0.25, -0.2) is 4.79 Å². The molecule has 1 heterocycles. The Bertz CT molecular complexity index is 1120. The SMILES string of the molecule is CSCCC(NC(=O)C(CC(=O)O)NC(=O)C(CO)NC(=O)C(N)Cc1c[nH]c2ccccc12)C(=O)O. The van der Waals surface area contributed by atoms with Crippen LogP contribution in [0.3, 0.4) is 0 Å². The molecule has 3 amide bonds. The Kier molecular flexibility index (Phi) is 11.4. The largest absolute Gasteiger partial charge is 0.481 e. The van der Waals surface area contributed by atoms with Crippen molar-refractivity contribution in [3.63, 3.8) is 0 Å². The number of aliphatic hydroxyl groups excluding tert-OH is 1. The van der Waals surface area contributed by atoms with Gasteiger partial charge in [-0.05, 0) is 36.5 Å². The van der Waals surface area contributed by atoms with Crippen molar-refractivity contribution >= 4 is 52.3 Å². The predicted molar refractivity (Wildman–Crippen MR) is 136 cm³/mol. The van der Waals surface area contributed by atoms with E-state index >= 15 is 0 Å². The second kappa shape index (κ2) is 14.2. The van der Waals surface area contributed by atoms with Crippen LogP contribution in [0.1, 0.15) is 18.4 Å². The van der Waals surface area contributed by atoms with E-state index in [0.29, 0.717) is 5.75 Å². The topological polar surface area (TPSA) is 224 Å². The van der Waals surface area contributed by atoms with Crippen molar-refractivity contribution in [2.24, 2.45) is 5.73 Å². The number of carboxylic acids is 2. The van der Waals surface area contributed by atoms with Gasteiger partial charge in [0.2, 0.25) is 17.7 Å².